The van der Waals surface area contributed by atoms with Crippen LogP contribution in [0.4, 0.5) is 0 Å². The average Bonchev–Trinajstić information content (AvgIpc) is 2.50. The van der Waals surface area contributed by atoms with E-state index in [-0.39, 0.29) is 18.5 Å². The molecule has 0 atom stereocenters. The van der Waals surface area contributed by atoms with Crippen LogP contribution in [-0.4, -0.2) is 83.0 Å². The second kappa shape index (κ2) is 33.9. The fourth-order valence-electron chi connectivity index (χ4n) is 1.21. The molecule has 0 aliphatic carbocycles. The second-order valence-corrected chi connectivity index (χ2v) is 7.59. The van der Waals surface area contributed by atoms with Crippen molar-refractivity contribution in [1.29, 1.82) is 0 Å². The van der Waals surface area contributed by atoms with Crippen LogP contribution in [0.3, 0.4) is 0 Å². The fraction of sp³-hybridized carbons (Fsp3) is 0.786. The molecule has 0 bridgehead atoms. The van der Waals surface area contributed by atoms with Gasteiger partial charge < -0.3 is 58.1 Å². The molecular formula is C14H43N5O9Si. The van der Waals surface area contributed by atoms with Crippen molar-refractivity contribution in [3.05, 3.63) is 0 Å². The lowest BCUT2D eigenvalue weighted by molar-refractivity contribution is -0.135. The van der Waals surface area contributed by atoms with Gasteiger partial charge in [0, 0.05) is 61.2 Å². The summed E-state index contributed by atoms with van der Waals surface area (Å²) in [5.41, 5.74) is 5.35. The SMILES string of the molecule is CC(=O)O.CC(=O)O.CC(=O)O.CO[Si](CCCNCCN)(OC)OC.N.N.N. The number of aliphatic carboxylic acids is 3. The first-order valence-corrected chi connectivity index (χ1v) is 9.52. The number of carbonyl (C=O) groups is 3. The van der Waals surface area contributed by atoms with Crippen molar-refractivity contribution in [1.82, 2.24) is 23.8 Å². The molecule has 29 heavy (non-hydrogen) atoms. The summed E-state index contributed by atoms with van der Waals surface area (Å²) in [6, 6.07) is 0.827. The Morgan fingerprint density at radius 3 is 1.28 bits per heavy atom. The molecule has 0 heterocycles. The van der Waals surface area contributed by atoms with Gasteiger partial charge in [0.1, 0.15) is 0 Å². The van der Waals surface area contributed by atoms with E-state index in [1.165, 1.54) is 0 Å². The maximum Gasteiger partial charge on any atom is 0.500 e. The summed E-state index contributed by atoms with van der Waals surface area (Å²) in [6.45, 7) is 5.69. The normalized spacial score (nSPS) is 8.38. The van der Waals surface area contributed by atoms with Crippen molar-refractivity contribution in [3.63, 3.8) is 0 Å². The Hall–Kier alpha value is -1.69. The number of rotatable bonds is 9. The molecule has 0 saturated carbocycles. The van der Waals surface area contributed by atoms with E-state index >= 15 is 0 Å². The molecule has 0 aromatic carbocycles. The highest BCUT2D eigenvalue weighted by Crippen LogP contribution is 2.13. The Balaban J connectivity index is -0.0000000540. The first kappa shape index (κ1) is 45.8. The number of hydrogen-bond acceptors (Lipinski definition) is 11. The van der Waals surface area contributed by atoms with Gasteiger partial charge in [-0.25, -0.2) is 0 Å². The highest BCUT2D eigenvalue weighted by atomic mass is 28.4. The van der Waals surface area contributed by atoms with E-state index in [9.17, 15) is 0 Å². The predicted molar refractivity (Wildman–Crippen MR) is 113 cm³/mol. The maximum atomic E-state index is 9.00. The molecule has 182 valence electrons. The summed E-state index contributed by atoms with van der Waals surface area (Å²) in [4.78, 5) is 27.0. The summed E-state index contributed by atoms with van der Waals surface area (Å²) < 4.78 is 15.9. The second-order valence-electron chi connectivity index (χ2n) is 4.49. The summed E-state index contributed by atoms with van der Waals surface area (Å²) in [7, 11) is 2.55. The predicted octanol–water partition coefficient (Wildman–Crippen LogP) is 0.562. The molecule has 0 amide bonds. The van der Waals surface area contributed by atoms with Gasteiger partial charge in [-0.05, 0) is 13.0 Å². The van der Waals surface area contributed by atoms with Gasteiger partial charge in [0.05, 0.1) is 0 Å². The standard InChI is InChI=1S/C8H22N2O3Si.3C2H4O2.3H3N/c1-11-14(12-2,13-3)8-4-6-10-7-5-9;3*1-2(3)4;;;/h10H,4-9H2,1-3H3;3*1H3,(H,3,4);3*1H3. The summed E-state index contributed by atoms with van der Waals surface area (Å²) >= 11 is 0. The molecule has 15 N–H and O–H groups in total. The average molecular weight is 454 g/mol. The zero-order chi connectivity index (χ0) is 21.6. The fourth-order valence-corrected chi connectivity index (χ4v) is 2.94. The highest BCUT2D eigenvalue weighted by molar-refractivity contribution is 6.60. The van der Waals surface area contributed by atoms with Crippen LogP contribution in [0.15, 0.2) is 0 Å². The lowest BCUT2D eigenvalue weighted by atomic mass is 10.5. The van der Waals surface area contributed by atoms with Crippen LogP contribution in [0.2, 0.25) is 6.04 Å². The Bertz CT molecular complexity index is 314. The van der Waals surface area contributed by atoms with Crippen molar-refractivity contribution >= 4 is 26.7 Å². The number of nitrogens with one attached hydrogen (secondary N) is 1. The van der Waals surface area contributed by atoms with E-state index in [0.29, 0.717) is 6.54 Å². The van der Waals surface area contributed by atoms with Crippen LogP contribution in [0, 0.1) is 0 Å². The van der Waals surface area contributed by atoms with Crippen LogP contribution >= 0.6 is 0 Å². The Labute approximate surface area is 174 Å². The molecule has 0 spiro atoms. The minimum atomic E-state index is -2.35. The lowest BCUT2D eigenvalue weighted by Crippen LogP contribution is -2.43. The topological polar surface area (TPSA) is 283 Å². The van der Waals surface area contributed by atoms with Crippen LogP contribution < -0.4 is 29.5 Å². The summed E-state index contributed by atoms with van der Waals surface area (Å²) in [5, 5.41) is 25.5. The van der Waals surface area contributed by atoms with Crippen molar-refractivity contribution in [2.24, 2.45) is 5.73 Å². The van der Waals surface area contributed by atoms with Crippen LogP contribution in [-0.2, 0) is 27.7 Å². The van der Waals surface area contributed by atoms with Gasteiger partial charge in [-0.15, -0.1) is 0 Å². The Morgan fingerprint density at radius 2 is 1.07 bits per heavy atom. The summed E-state index contributed by atoms with van der Waals surface area (Å²) in [5.74, 6) is -2.50. The molecule has 0 aromatic rings. The van der Waals surface area contributed by atoms with Gasteiger partial charge in [-0.3, -0.25) is 14.4 Å². The molecule has 0 aliphatic heterocycles. The third kappa shape index (κ3) is 66.3. The summed E-state index contributed by atoms with van der Waals surface area (Å²) in [6.07, 6.45) is 0.974. The van der Waals surface area contributed by atoms with Gasteiger partial charge in [-0.2, -0.15) is 0 Å². The third-order valence-corrected chi connectivity index (χ3v) is 4.92. The molecule has 0 unspecified atom stereocenters. The first-order chi connectivity index (χ1) is 11.9. The van der Waals surface area contributed by atoms with E-state index < -0.39 is 26.7 Å². The molecule has 0 aliphatic rings. The zero-order valence-corrected chi connectivity index (χ0v) is 19.5. The van der Waals surface area contributed by atoms with Gasteiger partial charge >= 0.3 is 8.80 Å². The van der Waals surface area contributed by atoms with Crippen molar-refractivity contribution < 1.29 is 43.0 Å². The van der Waals surface area contributed by atoms with Gasteiger partial charge in [0.15, 0.2) is 0 Å². The third-order valence-electron chi connectivity index (χ3n) is 2.09. The molecule has 0 fully saturated rings. The molecular weight excluding hydrogens is 410 g/mol. The minimum Gasteiger partial charge on any atom is -0.481 e. The number of carboxylic acids is 3. The molecule has 0 aromatic heterocycles. The van der Waals surface area contributed by atoms with Gasteiger partial charge in [0.2, 0.25) is 0 Å². The van der Waals surface area contributed by atoms with E-state index in [2.05, 4.69) is 5.32 Å². The zero-order valence-electron chi connectivity index (χ0n) is 18.5. The van der Waals surface area contributed by atoms with Crippen LogP contribution in [0.25, 0.3) is 0 Å². The molecule has 0 radical (unpaired) electrons. The smallest absolute Gasteiger partial charge is 0.481 e. The van der Waals surface area contributed by atoms with Crippen molar-refractivity contribution in [2.45, 2.75) is 33.2 Å². The maximum absolute atomic E-state index is 9.00. The van der Waals surface area contributed by atoms with E-state index in [1.54, 1.807) is 21.3 Å². The Morgan fingerprint density at radius 1 is 0.793 bits per heavy atom. The molecule has 0 rings (SSSR count). The van der Waals surface area contributed by atoms with Crippen LogP contribution in [0.5, 0.6) is 0 Å². The van der Waals surface area contributed by atoms with Crippen LogP contribution in [0.1, 0.15) is 27.2 Å². The molecule has 0 saturated heterocycles. The first-order valence-electron chi connectivity index (χ1n) is 7.59. The molecule has 15 heteroatoms. The largest absolute Gasteiger partial charge is 0.500 e. The van der Waals surface area contributed by atoms with Gasteiger partial charge in [0.25, 0.3) is 17.9 Å². The number of nitrogens with two attached hydrogens (primary N) is 1. The quantitative estimate of drug-likeness (QED) is 0.175. The van der Waals surface area contributed by atoms with Crippen molar-refractivity contribution in [3.8, 4) is 0 Å². The molecule has 14 nitrogen and oxygen atoms in total. The van der Waals surface area contributed by atoms with E-state index in [0.717, 1.165) is 46.3 Å². The minimum absolute atomic E-state index is 0. The van der Waals surface area contributed by atoms with E-state index in [4.69, 9.17) is 48.7 Å². The van der Waals surface area contributed by atoms with E-state index in [1.807, 2.05) is 0 Å². The van der Waals surface area contributed by atoms with Crippen molar-refractivity contribution in [2.75, 3.05) is 41.0 Å². The highest BCUT2D eigenvalue weighted by Gasteiger charge is 2.36. The lowest BCUT2D eigenvalue weighted by Gasteiger charge is -2.24. The Kier molecular flexibility index (Phi) is 53.5. The number of hydrogen-bond donors (Lipinski definition) is 8. The monoisotopic (exact) mass is 453 g/mol. The number of carboxylic acid groups (broad SMARTS) is 3. The van der Waals surface area contributed by atoms with Gasteiger partial charge in [-0.1, -0.05) is 0 Å².